The molecule has 0 aliphatic carbocycles. The Morgan fingerprint density at radius 2 is 2.06 bits per heavy atom. The number of carbonyl (C=O) groups is 1. The number of rotatable bonds is 5. The lowest BCUT2D eigenvalue weighted by Gasteiger charge is -2.18. The third kappa shape index (κ3) is 5.32. The first kappa shape index (κ1) is 14.7. The molecule has 0 saturated heterocycles. The lowest BCUT2D eigenvalue weighted by Crippen LogP contribution is -2.27. The summed E-state index contributed by atoms with van der Waals surface area (Å²) in [6.07, 6.45) is 0.964. The highest BCUT2D eigenvalue weighted by atomic mass is 16.5. The molecule has 0 bridgehead atoms. The van der Waals surface area contributed by atoms with E-state index in [-0.39, 0.29) is 11.3 Å². The monoisotopic (exact) mass is 249 g/mol. The number of hydrogen-bond acceptors (Lipinski definition) is 2. The van der Waals surface area contributed by atoms with Crippen LogP contribution in [0.15, 0.2) is 24.3 Å². The molecule has 1 N–H and O–H groups in total. The fraction of sp³-hybridized carbons (Fsp3) is 0.533. The summed E-state index contributed by atoms with van der Waals surface area (Å²) in [5, 5.41) is 2.83. The van der Waals surface area contributed by atoms with E-state index >= 15 is 0 Å². The van der Waals surface area contributed by atoms with Gasteiger partial charge in [-0.1, -0.05) is 32.9 Å². The van der Waals surface area contributed by atoms with Crippen LogP contribution in [0.25, 0.3) is 0 Å². The zero-order chi connectivity index (χ0) is 13.6. The maximum Gasteiger partial charge on any atom is 0.251 e. The Morgan fingerprint density at radius 3 is 2.67 bits per heavy atom. The van der Waals surface area contributed by atoms with Crippen LogP contribution in [0.3, 0.4) is 0 Å². The van der Waals surface area contributed by atoms with Crippen molar-refractivity contribution in [3.8, 4) is 0 Å². The van der Waals surface area contributed by atoms with Crippen molar-refractivity contribution >= 4 is 5.91 Å². The quantitative estimate of drug-likeness (QED) is 0.815. The van der Waals surface area contributed by atoms with Crippen LogP contribution in [0.2, 0.25) is 0 Å². The molecule has 1 rings (SSSR count). The summed E-state index contributed by atoms with van der Waals surface area (Å²) < 4.78 is 4.90. The molecule has 0 heterocycles. The minimum absolute atomic E-state index is 0.0391. The molecule has 1 aromatic carbocycles. The van der Waals surface area contributed by atoms with E-state index in [9.17, 15) is 4.79 Å². The molecule has 0 fully saturated rings. The van der Waals surface area contributed by atoms with Crippen LogP contribution in [-0.4, -0.2) is 26.2 Å². The first-order valence-corrected chi connectivity index (χ1v) is 6.28. The van der Waals surface area contributed by atoms with Crippen molar-refractivity contribution in [3.63, 3.8) is 0 Å². The zero-order valence-electron chi connectivity index (χ0n) is 11.7. The molecule has 100 valence electrons. The zero-order valence-corrected chi connectivity index (χ0v) is 11.7. The van der Waals surface area contributed by atoms with Gasteiger partial charge in [-0.2, -0.15) is 0 Å². The number of carbonyl (C=O) groups excluding carboxylic acids is 1. The standard InChI is InChI=1S/C15H23NO2/c1-15(2,3)11-12-6-5-7-13(10-12)14(17)16-8-9-18-4/h5-7,10H,8-9,11H2,1-4H3,(H,16,17). The molecule has 0 radical (unpaired) electrons. The molecule has 0 aliphatic heterocycles. The molecule has 1 amide bonds. The van der Waals surface area contributed by atoms with E-state index in [1.54, 1.807) is 7.11 Å². The molecule has 0 atom stereocenters. The van der Waals surface area contributed by atoms with Crippen LogP contribution in [-0.2, 0) is 11.2 Å². The summed E-state index contributed by atoms with van der Waals surface area (Å²) in [6, 6.07) is 7.81. The van der Waals surface area contributed by atoms with Gasteiger partial charge >= 0.3 is 0 Å². The van der Waals surface area contributed by atoms with Gasteiger partial charge in [-0.3, -0.25) is 4.79 Å². The van der Waals surface area contributed by atoms with Crippen molar-refractivity contribution in [3.05, 3.63) is 35.4 Å². The molecule has 0 aliphatic rings. The van der Waals surface area contributed by atoms with Crippen LogP contribution in [0.1, 0.15) is 36.7 Å². The SMILES string of the molecule is COCCNC(=O)c1cccc(CC(C)(C)C)c1. The topological polar surface area (TPSA) is 38.3 Å². The average molecular weight is 249 g/mol. The number of methoxy groups -OCH3 is 1. The molecular formula is C15H23NO2. The normalized spacial score (nSPS) is 11.3. The summed E-state index contributed by atoms with van der Waals surface area (Å²) in [5.74, 6) is -0.0391. The van der Waals surface area contributed by atoms with Crippen LogP contribution in [0, 0.1) is 5.41 Å². The van der Waals surface area contributed by atoms with Gasteiger partial charge in [0, 0.05) is 19.2 Å². The van der Waals surface area contributed by atoms with E-state index in [1.807, 2.05) is 18.2 Å². The highest BCUT2D eigenvalue weighted by Gasteiger charge is 2.12. The third-order valence-electron chi connectivity index (χ3n) is 2.52. The van der Waals surface area contributed by atoms with E-state index in [4.69, 9.17) is 4.74 Å². The highest BCUT2D eigenvalue weighted by Crippen LogP contribution is 2.21. The fourth-order valence-electron chi connectivity index (χ4n) is 1.80. The second kappa shape index (κ2) is 6.55. The van der Waals surface area contributed by atoms with Crippen molar-refractivity contribution in [2.75, 3.05) is 20.3 Å². The molecule has 0 unspecified atom stereocenters. The fourth-order valence-corrected chi connectivity index (χ4v) is 1.80. The van der Waals surface area contributed by atoms with Crippen molar-refractivity contribution in [2.45, 2.75) is 27.2 Å². The van der Waals surface area contributed by atoms with E-state index < -0.39 is 0 Å². The van der Waals surface area contributed by atoms with E-state index in [2.05, 4.69) is 32.2 Å². The summed E-state index contributed by atoms with van der Waals surface area (Å²) in [7, 11) is 1.62. The largest absolute Gasteiger partial charge is 0.383 e. The molecule has 0 spiro atoms. The van der Waals surface area contributed by atoms with Crippen molar-refractivity contribution in [1.29, 1.82) is 0 Å². The van der Waals surface area contributed by atoms with Gasteiger partial charge in [0.15, 0.2) is 0 Å². The third-order valence-corrected chi connectivity index (χ3v) is 2.52. The van der Waals surface area contributed by atoms with Crippen LogP contribution >= 0.6 is 0 Å². The number of benzene rings is 1. The second-order valence-corrected chi connectivity index (χ2v) is 5.69. The molecule has 0 saturated carbocycles. The average Bonchev–Trinajstić information content (AvgIpc) is 2.27. The Balaban J connectivity index is 2.66. The van der Waals surface area contributed by atoms with E-state index in [0.717, 1.165) is 6.42 Å². The molecule has 3 heteroatoms. The maximum absolute atomic E-state index is 11.9. The Hall–Kier alpha value is -1.35. The Kier molecular flexibility index (Phi) is 5.35. The second-order valence-electron chi connectivity index (χ2n) is 5.69. The molecular weight excluding hydrogens is 226 g/mol. The van der Waals surface area contributed by atoms with Crippen molar-refractivity contribution in [2.24, 2.45) is 5.41 Å². The summed E-state index contributed by atoms with van der Waals surface area (Å²) in [5.41, 5.74) is 2.14. The summed E-state index contributed by atoms with van der Waals surface area (Å²) >= 11 is 0. The predicted molar refractivity (Wildman–Crippen MR) is 73.8 cm³/mol. The Labute approximate surface area is 110 Å². The Bertz CT molecular complexity index is 394. The van der Waals surface area contributed by atoms with Gasteiger partial charge < -0.3 is 10.1 Å². The first-order valence-electron chi connectivity index (χ1n) is 6.28. The van der Waals surface area contributed by atoms with Crippen LogP contribution in [0.5, 0.6) is 0 Å². The van der Waals surface area contributed by atoms with Gasteiger partial charge in [0.25, 0.3) is 5.91 Å². The van der Waals surface area contributed by atoms with Crippen LogP contribution in [0.4, 0.5) is 0 Å². The lowest BCUT2D eigenvalue weighted by atomic mass is 9.87. The number of ether oxygens (including phenoxy) is 1. The lowest BCUT2D eigenvalue weighted by molar-refractivity contribution is 0.0937. The van der Waals surface area contributed by atoms with Gasteiger partial charge in [0.05, 0.1) is 6.61 Å². The molecule has 3 nitrogen and oxygen atoms in total. The minimum atomic E-state index is -0.0391. The molecule has 1 aromatic rings. The first-order chi connectivity index (χ1) is 8.42. The highest BCUT2D eigenvalue weighted by molar-refractivity contribution is 5.94. The number of nitrogens with one attached hydrogen (secondary N) is 1. The van der Waals surface area contributed by atoms with Gasteiger partial charge in [-0.15, -0.1) is 0 Å². The minimum Gasteiger partial charge on any atom is -0.383 e. The van der Waals surface area contributed by atoms with Gasteiger partial charge in [-0.25, -0.2) is 0 Å². The van der Waals surface area contributed by atoms with Crippen LogP contribution < -0.4 is 5.32 Å². The van der Waals surface area contributed by atoms with E-state index in [1.165, 1.54) is 5.56 Å². The van der Waals surface area contributed by atoms with E-state index in [0.29, 0.717) is 18.7 Å². The summed E-state index contributed by atoms with van der Waals surface area (Å²) in [6.45, 7) is 7.65. The summed E-state index contributed by atoms with van der Waals surface area (Å²) in [4.78, 5) is 11.9. The van der Waals surface area contributed by atoms with Gasteiger partial charge in [0.1, 0.15) is 0 Å². The Morgan fingerprint density at radius 1 is 1.33 bits per heavy atom. The molecule has 18 heavy (non-hydrogen) atoms. The predicted octanol–water partition coefficient (Wildman–Crippen LogP) is 2.65. The molecule has 0 aromatic heterocycles. The van der Waals surface area contributed by atoms with Crippen molar-refractivity contribution in [1.82, 2.24) is 5.32 Å². The maximum atomic E-state index is 11.9. The van der Waals surface area contributed by atoms with Gasteiger partial charge in [0.2, 0.25) is 0 Å². The van der Waals surface area contributed by atoms with Crippen molar-refractivity contribution < 1.29 is 9.53 Å². The smallest absolute Gasteiger partial charge is 0.251 e. The number of amides is 1. The number of hydrogen-bond donors (Lipinski definition) is 1. The van der Waals surface area contributed by atoms with Gasteiger partial charge in [-0.05, 0) is 29.5 Å².